The molecule has 0 aliphatic heterocycles. The van der Waals surface area contributed by atoms with Gasteiger partial charge in [-0.2, -0.15) is 0 Å². The van der Waals surface area contributed by atoms with E-state index in [0.717, 1.165) is 56.5 Å². The van der Waals surface area contributed by atoms with Gasteiger partial charge in [0, 0.05) is 67.0 Å². The largest absolute Gasteiger partial charge is 0.310 e. The summed E-state index contributed by atoms with van der Waals surface area (Å²) in [4.78, 5) is 4.73. The summed E-state index contributed by atoms with van der Waals surface area (Å²) in [6, 6.07) is 82.8. The van der Waals surface area contributed by atoms with Crippen molar-refractivity contribution in [2.75, 3.05) is 9.80 Å². The Balaban J connectivity index is 1.14. The average Bonchev–Trinajstić information content (AvgIpc) is 3.80. The maximum Gasteiger partial charge on any atom is 0.0542 e. The summed E-state index contributed by atoms with van der Waals surface area (Å²) in [6.07, 6.45) is 0. The molecule has 0 saturated carbocycles. The number of rotatable bonds is 8. The molecule has 11 aromatic rings. The second kappa shape index (κ2) is 14.0. The molecule has 4 nitrogen and oxygen atoms in total. The van der Waals surface area contributed by atoms with Crippen molar-refractivity contribution in [1.82, 2.24) is 9.13 Å². The Hall–Kier alpha value is -7.82. The molecule has 58 heavy (non-hydrogen) atoms. The van der Waals surface area contributed by atoms with E-state index in [9.17, 15) is 0 Å². The Morgan fingerprint density at radius 2 is 0.517 bits per heavy atom. The lowest BCUT2D eigenvalue weighted by atomic mass is 10.1. The third-order valence-corrected chi connectivity index (χ3v) is 11.2. The molecule has 4 heteroatoms. The van der Waals surface area contributed by atoms with Gasteiger partial charge in [-0.25, -0.2) is 0 Å². The van der Waals surface area contributed by atoms with Crippen molar-refractivity contribution in [2.24, 2.45) is 0 Å². The molecular formula is C54H38N4. The van der Waals surface area contributed by atoms with Gasteiger partial charge in [-0.05, 0) is 121 Å². The molecule has 0 amide bonds. The van der Waals surface area contributed by atoms with E-state index in [0.29, 0.717) is 0 Å². The highest BCUT2D eigenvalue weighted by Crippen LogP contribution is 2.44. The first kappa shape index (κ1) is 33.5. The van der Waals surface area contributed by atoms with Crippen LogP contribution in [0.1, 0.15) is 0 Å². The Bertz CT molecular complexity index is 3170. The molecule has 0 saturated heterocycles. The molecule has 0 N–H and O–H groups in total. The molecule has 0 spiro atoms. The number of anilines is 6. The number of hydrogen-bond acceptors (Lipinski definition) is 2. The molecule has 9 aromatic carbocycles. The van der Waals surface area contributed by atoms with Gasteiger partial charge in [0.05, 0.1) is 22.1 Å². The minimum Gasteiger partial charge on any atom is -0.310 e. The molecule has 0 atom stereocenters. The highest BCUT2D eigenvalue weighted by molar-refractivity contribution is 6.13. The van der Waals surface area contributed by atoms with Crippen molar-refractivity contribution in [2.45, 2.75) is 0 Å². The summed E-state index contributed by atoms with van der Waals surface area (Å²) in [6.45, 7) is 0. The highest BCUT2D eigenvalue weighted by Gasteiger charge is 2.21. The normalized spacial score (nSPS) is 11.4. The molecular weight excluding hydrogens is 705 g/mol. The average molecular weight is 743 g/mol. The van der Waals surface area contributed by atoms with Gasteiger partial charge in [0.2, 0.25) is 0 Å². The Morgan fingerprint density at radius 1 is 0.224 bits per heavy atom. The Kier molecular flexibility index (Phi) is 8.11. The smallest absolute Gasteiger partial charge is 0.0542 e. The summed E-state index contributed by atoms with van der Waals surface area (Å²) in [5.74, 6) is 0. The van der Waals surface area contributed by atoms with Crippen LogP contribution in [-0.2, 0) is 0 Å². The highest BCUT2D eigenvalue weighted by atomic mass is 15.2. The maximum absolute atomic E-state index is 2.39. The molecule has 0 aliphatic rings. The number of para-hydroxylation sites is 6. The van der Waals surface area contributed by atoms with Gasteiger partial charge in [0.1, 0.15) is 0 Å². The van der Waals surface area contributed by atoms with Gasteiger partial charge in [-0.1, -0.05) is 109 Å². The first-order chi connectivity index (χ1) is 28.8. The van der Waals surface area contributed by atoms with Crippen LogP contribution in [0.4, 0.5) is 34.1 Å². The topological polar surface area (TPSA) is 16.3 Å². The number of fused-ring (bicyclic) bond motifs is 6. The van der Waals surface area contributed by atoms with Crippen LogP contribution in [0.25, 0.3) is 55.0 Å². The SMILES string of the molecule is c1ccc(N(c2ccccc2)c2ccc3c(c2)c2cc(N(c4ccccc4)c4ccc5c(c4)c4ccccc4n5-c4ccccc4)ccc2n3-c2ccccc2)cc1. The summed E-state index contributed by atoms with van der Waals surface area (Å²) >= 11 is 0. The van der Waals surface area contributed by atoms with Crippen LogP contribution < -0.4 is 9.80 Å². The van der Waals surface area contributed by atoms with E-state index in [2.05, 4.69) is 249 Å². The predicted octanol–water partition coefficient (Wildman–Crippen LogP) is 14.8. The Labute approximate surface area is 337 Å². The zero-order chi connectivity index (χ0) is 38.4. The van der Waals surface area contributed by atoms with Gasteiger partial charge in [-0.3, -0.25) is 0 Å². The van der Waals surface area contributed by atoms with Crippen molar-refractivity contribution >= 4 is 77.7 Å². The van der Waals surface area contributed by atoms with Crippen molar-refractivity contribution in [3.8, 4) is 11.4 Å². The third-order valence-electron chi connectivity index (χ3n) is 11.2. The summed E-state index contributed by atoms with van der Waals surface area (Å²) in [5, 5.41) is 4.81. The van der Waals surface area contributed by atoms with Crippen LogP contribution in [0.15, 0.2) is 231 Å². The van der Waals surface area contributed by atoms with Crippen LogP contribution >= 0.6 is 0 Å². The zero-order valence-electron chi connectivity index (χ0n) is 31.7. The molecule has 0 fully saturated rings. The van der Waals surface area contributed by atoms with Gasteiger partial charge in [0.15, 0.2) is 0 Å². The molecule has 2 aromatic heterocycles. The first-order valence-electron chi connectivity index (χ1n) is 19.8. The van der Waals surface area contributed by atoms with Crippen LogP contribution in [-0.4, -0.2) is 9.13 Å². The lowest BCUT2D eigenvalue weighted by molar-refractivity contribution is 1.18. The minimum absolute atomic E-state index is 1.09. The standard InChI is InChI=1S/C54H38N4/c1-6-18-39(19-7-1)55(40-20-8-2-9-21-40)44-30-34-53-49(37-44)50-38-46(32-35-54(50)58(53)43-26-14-5-15-27-43)56(41-22-10-3-11-23-41)45-31-33-52-48(36-45)47-28-16-17-29-51(47)57(52)42-24-12-4-13-25-42/h1-38H. The van der Waals surface area contributed by atoms with E-state index in [1.54, 1.807) is 0 Å². The quantitative estimate of drug-likeness (QED) is 0.154. The van der Waals surface area contributed by atoms with E-state index in [1.165, 1.54) is 32.6 Å². The lowest BCUT2D eigenvalue weighted by Gasteiger charge is -2.26. The summed E-state index contributed by atoms with van der Waals surface area (Å²) in [7, 11) is 0. The Morgan fingerprint density at radius 3 is 0.914 bits per heavy atom. The molecule has 0 bridgehead atoms. The predicted molar refractivity (Wildman–Crippen MR) is 244 cm³/mol. The third kappa shape index (κ3) is 5.62. The molecule has 2 heterocycles. The fourth-order valence-corrected chi connectivity index (χ4v) is 8.71. The maximum atomic E-state index is 2.39. The molecule has 11 rings (SSSR count). The van der Waals surface area contributed by atoms with Crippen LogP contribution in [0, 0.1) is 0 Å². The van der Waals surface area contributed by atoms with Crippen molar-refractivity contribution in [3.05, 3.63) is 231 Å². The number of nitrogens with zero attached hydrogens (tertiary/aromatic N) is 4. The van der Waals surface area contributed by atoms with E-state index in [1.807, 2.05) is 0 Å². The zero-order valence-corrected chi connectivity index (χ0v) is 31.7. The van der Waals surface area contributed by atoms with Crippen molar-refractivity contribution in [1.29, 1.82) is 0 Å². The summed E-state index contributed by atoms with van der Waals surface area (Å²) < 4.78 is 4.77. The fourth-order valence-electron chi connectivity index (χ4n) is 8.71. The van der Waals surface area contributed by atoms with Crippen molar-refractivity contribution in [3.63, 3.8) is 0 Å². The van der Waals surface area contributed by atoms with Crippen molar-refractivity contribution < 1.29 is 0 Å². The second-order valence-corrected chi connectivity index (χ2v) is 14.6. The monoisotopic (exact) mass is 742 g/mol. The minimum atomic E-state index is 1.09. The van der Waals surface area contributed by atoms with Crippen LogP contribution in [0.3, 0.4) is 0 Å². The number of benzene rings is 9. The fraction of sp³-hybridized carbons (Fsp3) is 0. The molecule has 0 unspecified atom stereocenters. The molecule has 0 aliphatic carbocycles. The van der Waals surface area contributed by atoms with Crippen LogP contribution in [0.2, 0.25) is 0 Å². The number of hydrogen-bond donors (Lipinski definition) is 0. The second-order valence-electron chi connectivity index (χ2n) is 14.6. The molecule has 274 valence electrons. The van der Waals surface area contributed by atoms with Gasteiger partial charge < -0.3 is 18.9 Å². The lowest BCUT2D eigenvalue weighted by Crippen LogP contribution is -2.10. The number of aromatic nitrogens is 2. The summed E-state index contributed by atoms with van der Waals surface area (Å²) in [5.41, 5.74) is 13.6. The van der Waals surface area contributed by atoms with Gasteiger partial charge in [0.25, 0.3) is 0 Å². The first-order valence-corrected chi connectivity index (χ1v) is 19.8. The van der Waals surface area contributed by atoms with E-state index in [-0.39, 0.29) is 0 Å². The van der Waals surface area contributed by atoms with Gasteiger partial charge >= 0.3 is 0 Å². The van der Waals surface area contributed by atoms with E-state index < -0.39 is 0 Å². The van der Waals surface area contributed by atoms with E-state index >= 15 is 0 Å². The van der Waals surface area contributed by atoms with Crippen LogP contribution in [0.5, 0.6) is 0 Å². The molecule has 0 radical (unpaired) electrons. The van der Waals surface area contributed by atoms with E-state index in [4.69, 9.17) is 0 Å². The van der Waals surface area contributed by atoms with Gasteiger partial charge in [-0.15, -0.1) is 0 Å².